The summed E-state index contributed by atoms with van der Waals surface area (Å²) in [4.78, 5) is 23.6. The predicted octanol–water partition coefficient (Wildman–Crippen LogP) is 3.42. The van der Waals surface area contributed by atoms with Crippen LogP contribution in [0.25, 0.3) is 11.3 Å². The number of halogens is 1. The van der Waals surface area contributed by atoms with E-state index in [0.717, 1.165) is 23.0 Å². The number of rotatable bonds is 7. The van der Waals surface area contributed by atoms with E-state index in [1.807, 2.05) is 6.07 Å². The van der Waals surface area contributed by atoms with Gasteiger partial charge in [0, 0.05) is 24.8 Å². The number of nitrogens with zero attached hydrogens (tertiary/aromatic N) is 3. The van der Waals surface area contributed by atoms with Gasteiger partial charge in [0.1, 0.15) is 10.7 Å². The molecule has 0 atom stereocenters. The molecule has 3 rings (SSSR count). The average molecular weight is 372 g/mol. The summed E-state index contributed by atoms with van der Waals surface area (Å²) >= 11 is 0. The van der Waals surface area contributed by atoms with Crippen LogP contribution in [-0.2, 0) is 6.42 Å². The first kappa shape index (κ1) is 18.3. The highest BCUT2D eigenvalue weighted by atomic mass is 19.1. The van der Waals surface area contributed by atoms with Gasteiger partial charge in [-0.05, 0) is 49.2 Å². The molecule has 2 aromatic heterocycles. The molecule has 140 valence electrons. The molecule has 1 N–H and O–H groups in total. The van der Waals surface area contributed by atoms with Crippen molar-refractivity contribution in [1.29, 1.82) is 0 Å². The summed E-state index contributed by atoms with van der Waals surface area (Å²) in [7, 11) is 1.60. The van der Waals surface area contributed by atoms with E-state index < -0.39 is 16.7 Å². The molecule has 0 saturated carbocycles. The third-order valence-electron chi connectivity index (χ3n) is 4.04. The Morgan fingerprint density at radius 2 is 2.04 bits per heavy atom. The Bertz CT molecular complexity index is 948. The van der Waals surface area contributed by atoms with Crippen LogP contribution in [0.5, 0.6) is 0 Å². The van der Waals surface area contributed by atoms with Gasteiger partial charge >= 0.3 is 5.88 Å². The quantitative estimate of drug-likeness (QED) is 0.505. The summed E-state index contributed by atoms with van der Waals surface area (Å²) in [5.74, 6) is -1.24. The van der Waals surface area contributed by atoms with Gasteiger partial charge in [-0.25, -0.2) is 4.39 Å². The maximum absolute atomic E-state index is 13.0. The molecule has 0 saturated heterocycles. The lowest BCUT2D eigenvalue weighted by Crippen LogP contribution is -2.27. The van der Waals surface area contributed by atoms with Gasteiger partial charge in [-0.3, -0.25) is 20.0 Å². The van der Waals surface area contributed by atoms with Crippen LogP contribution in [0, 0.1) is 15.9 Å². The second-order valence-corrected chi connectivity index (χ2v) is 6.01. The number of hydrogen-bond donors (Lipinski definition) is 1. The molecule has 1 amide bonds. The Morgan fingerprint density at radius 3 is 2.70 bits per heavy atom. The molecule has 0 bridgehead atoms. The molecule has 8 nitrogen and oxygen atoms in total. The van der Waals surface area contributed by atoms with Crippen LogP contribution in [0.3, 0.4) is 0 Å². The standard InChI is InChI=1S/C18H17FN4O4/c1-22(18(24)16-8-9-17(27-16)23(25)26)10-2-3-14-11-15(21-20-14)12-4-6-13(19)7-5-12/h4-9,11H,2-3,10H2,1H3,(H,20,21). The van der Waals surface area contributed by atoms with Gasteiger partial charge < -0.3 is 9.32 Å². The van der Waals surface area contributed by atoms with Gasteiger partial charge in [0.15, 0.2) is 5.76 Å². The summed E-state index contributed by atoms with van der Waals surface area (Å²) in [6, 6.07) is 10.4. The molecule has 0 fully saturated rings. The fraction of sp³-hybridized carbons (Fsp3) is 0.222. The lowest BCUT2D eigenvalue weighted by atomic mass is 10.1. The zero-order valence-corrected chi connectivity index (χ0v) is 14.5. The molecular formula is C18H17FN4O4. The van der Waals surface area contributed by atoms with Crippen molar-refractivity contribution in [2.45, 2.75) is 12.8 Å². The van der Waals surface area contributed by atoms with Crippen molar-refractivity contribution < 1.29 is 18.5 Å². The van der Waals surface area contributed by atoms with Crippen LogP contribution in [0.2, 0.25) is 0 Å². The summed E-state index contributed by atoms with van der Waals surface area (Å²) in [6.45, 7) is 0.443. The van der Waals surface area contributed by atoms with E-state index in [4.69, 9.17) is 4.42 Å². The van der Waals surface area contributed by atoms with Crippen LogP contribution < -0.4 is 0 Å². The van der Waals surface area contributed by atoms with Gasteiger partial charge in [-0.2, -0.15) is 5.10 Å². The van der Waals surface area contributed by atoms with Crippen molar-refractivity contribution in [3.8, 4) is 11.3 Å². The van der Waals surface area contributed by atoms with E-state index in [2.05, 4.69) is 10.2 Å². The zero-order valence-electron chi connectivity index (χ0n) is 14.5. The molecule has 0 unspecified atom stereocenters. The lowest BCUT2D eigenvalue weighted by molar-refractivity contribution is -0.402. The van der Waals surface area contributed by atoms with Gasteiger partial charge in [0.2, 0.25) is 0 Å². The molecule has 0 aliphatic heterocycles. The highest BCUT2D eigenvalue weighted by Gasteiger charge is 2.20. The monoisotopic (exact) mass is 372 g/mol. The highest BCUT2D eigenvalue weighted by molar-refractivity contribution is 5.91. The van der Waals surface area contributed by atoms with Crippen molar-refractivity contribution in [3.05, 3.63) is 69.9 Å². The number of hydrogen-bond acceptors (Lipinski definition) is 5. The molecule has 0 aliphatic carbocycles. The molecule has 27 heavy (non-hydrogen) atoms. The van der Waals surface area contributed by atoms with Crippen LogP contribution in [0.15, 0.2) is 46.9 Å². The van der Waals surface area contributed by atoms with Gasteiger partial charge in [-0.15, -0.1) is 0 Å². The number of carbonyl (C=O) groups is 1. The largest absolute Gasteiger partial charge is 0.433 e. The van der Waals surface area contributed by atoms with E-state index in [9.17, 15) is 19.3 Å². The number of furan rings is 1. The van der Waals surface area contributed by atoms with Gasteiger partial charge in [-0.1, -0.05) is 0 Å². The first-order valence-electron chi connectivity index (χ1n) is 8.24. The molecule has 0 aliphatic rings. The fourth-order valence-electron chi connectivity index (χ4n) is 2.60. The maximum atomic E-state index is 13.0. The van der Waals surface area contributed by atoms with Crippen molar-refractivity contribution in [2.24, 2.45) is 0 Å². The molecule has 0 radical (unpaired) electrons. The normalized spacial score (nSPS) is 10.7. The van der Waals surface area contributed by atoms with Crippen molar-refractivity contribution in [2.75, 3.05) is 13.6 Å². The van der Waals surface area contributed by atoms with Gasteiger partial charge in [0.05, 0.1) is 11.8 Å². The van der Waals surface area contributed by atoms with Crippen LogP contribution in [-0.4, -0.2) is 39.5 Å². The number of aromatic amines is 1. The van der Waals surface area contributed by atoms with Crippen molar-refractivity contribution in [1.82, 2.24) is 15.1 Å². The fourth-order valence-corrected chi connectivity index (χ4v) is 2.60. The Kier molecular flexibility index (Phi) is 5.30. The number of aromatic nitrogens is 2. The summed E-state index contributed by atoms with van der Waals surface area (Å²) in [5.41, 5.74) is 2.42. The first-order valence-corrected chi connectivity index (χ1v) is 8.24. The SMILES string of the molecule is CN(CCCc1cc(-c2ccc(F)cc2)n[nH]1)C(=O)c1ccc([N+](=O)[O-])o1. The number of nitrogens with one attached hydrogen (secondary N) is 1. The number of aryl methyl sites for hydroxylation is 1. The number of benzene rings is 1. The number of amides is 1. The van der Waals surface area contributed by atoms with E-state index >= 15 is 0 Å². The second-order valence-electron chi connectivity index (χ2n) is 6.01. The molecule has 2 heterocycles. The smallest absolute Gasteiger partial charge is 0.395 e. The van der Waals surface area contributed by atoms with Crippen molar-refractivity contribution >= 4 is 11.8 Å². The molecule has 1 aromatic carbocycles. The maximum Gasteiger partial charge on any atom is 0.433 e. The zero-order chi connectivity index (χ0) is 19.4. The third-order valence-corrected chi connectivity index (χ3v) is 4.04. The Hall–Kier alpha value is -3.49. The van der Waals surface area contributed by atoms with E-state index in [0.29, 0.717) is 19.4 Å². The minimum Gasteiger partial charge on any atom is -0.395 e. The molecule has 9 heteroatoms. The second kappa shape index (κ2) is 7.81. The summed E-state index contributed by atoms with van der Waals surface area (Å²) in [5, 5.41) is 17.8. The third kappa shape index (κ3) is 4.38. The molecule has 0 spiro atoms. The van der Waals surface area contributed by atoms with E-state index in [1.54, 1.807) is 19.2 Å². The highest BCUT2D eigenvalue weighted by Crippen LogP contribution is 2.19. The number of H-pyrrole nitrogens is 1. The van der Waals surface area contributed by atoms with Crippen LogP contribution >= 0.6 is 0 Å². The van der Waals surface area contributed by atoms with E-state index in [-0.39, 0.29) is 11.6 Å². The Balaban J connectivity index is 1.52. The summed E-state index contributed by atoms with van der Waals surface area (Å²) in [6.07, 6.45) is 1.32. The van der Waals surface area contributed by atoms with Gasteiger partial charge in [0.25, 0.3) is 5.91 Å². The number of carbonyl (C=O) groups excluding carboxylic acids is 1. The first-order chi connectivity index (χ1) is 12.9. The molecular weight excluding hydrogens is 355 g/mol. The Labute approximate surface area is 153 Å². The van der Waals surface area contributed by atoms with E-state index in [1.165, 1.54) is 23.1 Å². The average Bonchev–Trinajstić information content (AvgIpc) is 3.31. The topological polar surface area (TPSA) is 105 Å². The minimum absolute atomic E-state index is 0.0654. The Morgan fingerprint density at radius 1 is 1.30 bits per heavy atom. The molecule has 3 aromatic rings. The van der Waals surface area contributed by atoms with Crippen molar-refractivity contribution in [3.63, 3.8) is 0 Å². The van der Waals surface area contributed by atoms with Crippen LogP contribution in [0.1, 0.15) is 22.7 Å². The predicted molar refractivity (Wildman–Crippen MR) is 94.6 cm³/mol. The lowest BCUT2D eigenvalue weighted by Gasteiger charge is -2.14. The van der Waals surface area contributed by atoms with Crippen LogP contribution in [0.4, 0.5) is 10.3 Å². The summed E-state index contributed by atoms with van der Waals surface area (Å²) < 4.78 is 17.9. The minimum atomic E-state index is -0.687. The number of nitro groups is 1.